The maximum atomic E-state index is 12.1. The van der Waals surface area contributed by atoms with Crippen molar-refractivity contribution >= 4 is 16.7 Å². The highest BCUT2D eigenvalue weighted by Crippen LogP contribution is 2.24. The van der Waals surface area contributed by atoms with E-state index in [1.165, 1.54) is 0 Å². The smallest absolute Gasteiger partial charge is 0.357 e. The van der Waals surface area contributed by atoms with E-state index in [4.69, 9.17) is 9.47 Å². The fraction of sp³-hybridized carbons (Fsp3) is 0.222. The lowest BCUT2D eigenvalue weighted by molar-refractivity contribution is 0.0515. The molecule has 118 valence electrons. The third-order valence-corrected chi connectivity index (χ3v) is 3.59. The number of nitrogens with zero attached hydrogens (tertiary/aromatic N) is 2. The fourth-order valence-corrected chi connectivity index (χ4v) is 2.52. The third kappa shape index (κ3) is 2.90. The first kappa shape index (κ1) is 15.1. The number of aromatic nitrogens is 2. The minimum Gasteiger partial charge on any atom is -0.497 e. The molecule has 0 bridgehead atoms. The second-order valence-electron chi connectivity index (χ2n) is 5.20. The van der Waals surface area contributed by atoms with Crippen molar-refractivity contribution in [3.05, 3.63) is 53.9 Å². The maximum Gasteiger partial charge on any atom is 0.357 e. The van der Waals surface area contributed by atoms with Gasteiger partial charge in [0, 0.05) is 0 Å². The van der Waals surface area contributed by atoms with Crippen LogP contribution in [0.5, 0.6) is 5.75 Å². The highest BCUT2D eigenvalue weighted by Gasteiger charge is 2.16. The monoisotopic (exact) mass is 310 g/mol. The van der Waals surface area contributed by atoms with Gasteiger partial charge >= 0.3 is 5.97 Å². The normalized spacial score (nSPS) is 10.7. The molecule has 23 heavy (non-hydrogen) atoms. The zero-order chi connectivity index (χ0) is 16.4. The molecule has 5 nitrogen and oxygen atoms in total. The Balaban J connectivity index is 2.08. The predicted molar refractivity (Wildman–Crippen MR) is 88.3 cm³/mol. The van der Waals surface area contributed by atoms with E-state index in [-0.39, 0.29) is 5.97 Å². The summed E-state index contributed by atoms with van der Waals surface area (Å²) < 4.78 is 12.0. The average Bonchev–Trinajstić information content (AvgIpc) is 2.96. The fourth-order valence-electron chi connectivity index (χ4n) is 2.52. The van der Waals surface area contributed by atoms with Gasteiger partial charge in [0.05, 0.1) is 25.1 Å². The lowest BCUT2D eigenvalue weighted by Gasteiger charge is -2.09. The van der Waals surface area contributed by atoms with Gasteiger partial charge in [0.2, 0.25) is 0 Å². The Labute approximate surface area is 134 Å². The molecule has 0 aliphatic heterocycles. The van der Waals surface area contributed by atoms with E-state index >= 15 is 0 Å². The largest absolute Gasteiger partial charge is 0.497 e. The van der Waals surface area contributed by atoms with Crippen LogP contribution in [-0.2, 0) is 4.74 Å². The molecular formula is C18H18N2O3. The van der Waals surface area contributed by atoms with Crippen LogP contribution in [0.4, 0.5) is 0 Å². The van der Waals surface area contributed by atoms with Crippen molar-refractivity contribution in [2.75, 3.05) is 13.7 Å². The molecule has 0 aliphatic rings. The standard InChI is InChI=1S/C18H18N2O3/c1-4-23-18(21)17-9-12(2)19-20(17)15-7-5-14-11-16(22-3)8-6-13(14)10-15/h5-11H,4H2,1-3H3. The summed E-state index contributed by atoms with van der Waals surface area (Å²) in [6.07, 6.45) is 0. The zero-order valence-electron chi connectivity index (χ0n) is 13.4. The Hall–Kier alpha value is -2.82. The molecule has 3 aromatic rings. The van der Waals surface area contributed by atoms with Gasteiger partial charge in [0.25, 0.3) is 0 Å². The van der Waals surface area contributed by atoms with Crippen LogP contribution in [0.25, 0.3) is 16.5 Å². The molecule has 0 atom stereocenters. The summed E-state index contributed by atoms with van der Waals surface area (Å²) in [6.45, 7) is 3.97. The first-order valence-corrected chi connectivity index (χ1v) is 7.44. The Kier molecular flexibility index (Phi) is 4.02. The number of ether oxygens (including phenoxy) is 2. The van der Waals surface area contributed by atoms with Crippen molar-refractivity contribution in [1.29, 1.82) is 0 Å². The van der Waals surface area contributed by atoms with Gasteiger partial charge in [-0.1, -0.05) is 12.1 Å². The maximum absolute atomic E-state index is 12.1. The number of rotatable bonds is 4. The van der Waals surface area contributed by atoms with Gasteiger partial charge in [-0.2, -0.15) is 5.10 Å². The van der Waals surface area contributed by atoms with Crippen molar-refractivity contribution in [3.8, 4) is 11.4 Å². The van der Waals surface area contributed by atoms with E-state index in [0.29, 0.717) is 12.3 Å². The van der Waals surface area contributed by atoms with Gasteiger partial charge in [-0.25, -0.2) is 9.48 Å². The lowest BCUT2D eigenvalue weighted by Crippen LogP contribution is -2.11. The van der Waals surface area contributed by atoms with Gasteiger partial charge in [-0.3, -0.25) is 0 Å². The van der Waals surface area contributed by atoms with Crippen LogP contribution in [0.2, 0.25) is 0 Å². The van der Waals surface area contributed by atoms with Crippen molar-refractivity contribution in [1.82, 2.24) is 9.78 Å². The number of benzene rings is 2. The second-order valence-corrected chi connectivity index (χ2v) is 5.20. The highest BCUT2D eigenvalue weighted by atomic mass is 16.5. The molecule has 1 heterocycles. The van der Waals surface area contributed by atoms with E-state index in [1.807, 2.05) is 43.3 Å². The summed E-state index contributed by atoms with van der Waals surface area (Å²) in [7, 11) is 1.65. The zero-order valence-corrected chi connectivity index (χ0v) is 13.4. The van der Waals surface area contributed by atoms with Crippen molar-refractivity contribution < 1.29 is 14.3 Å². The molecule has 2 aromatic carbocycles. The number of carbonyl (C=O) groups is 1. The van der Waals surface area contributed by atoms with E-state index in [2.05, 4.69) is 5.10 Å². The molecule has 0 aliphatic carbocycles. The number of hydrogen-bond acceptors (Lipinski definition) is 4. The molecular weight excluding hydrogens is 292 g/mol. The molecule has 0 saturated carbocycles. The minimum absolute atomic E-state index is 0.334. The van der Waals surface area contributed by atoms with Gasteiger partial charge < -0.3 is 9.47 Å². The second kappa shape index (κ2) is 6.12. The molecule has 5 heteroatoms. The van der Waals surface area contributed by atoms with E-state index in [1.54, 1.807) is 24.8 Å². The Morgan fingerprint density at radius 3 is 2.61 bits per heavy atom. The van der Waals surface area contributed by atoms with Crippen LogP contribution >= 0.6 is 0 Å². The van der Waals surface area contributed by atoms with Crippen LogP contribution in [0.1, 0.15) is 23.1 Å². The summed E-state index contributed by atoms with van der Waals surface area (Å²) in [6, 6.07) is 13.5. The molecule has 0 saturated heterocycles. The van der Waals surface area contributed by atoms with Crippen molar-refractivity contribution in [3.63, 3.8) is 0 Å². The van der Waals surface area contributed by atoms with Crippen LogP contribution < -0.4 is 4.74 Å². The average molecular weight is 310 g/mol. The summed E-state index contributed by atoms with van der Waals surface area (Å²) >= 11 is 0. The number of hydrogen-bond donors (Lipinski definition) is 0. The molecule has 0 unspecified atom stereocenters. The number of carbonyl (C=O) groups excluding carboxylic acids is 1. The first-order chi connectivity index (χ1) is 11.1. The van der Waals surface area contributed by atoms with Crippen LogP contribution in [0, 0.1) is 6.92 Å². The number of aryl methyl sites for hydroxylation is 1. The van der Waals surface area contributed by atoms with Gasteiger partial charge in [-0.05, 0) is 55.0 Å². The topological polar surface area (TPSA) is 53.3 Å². The van der Waals surface area contributed by atoms with Crippen LogP contribution in [0.15, 0.2) is 42.5 Å². The van der Waals surface area contributed by atoms with E-state index in [9.17, 15) is 4.79 Å². The summed E-state index contributed by atoms with van der Waals surface area (Å²) in [5, 5.41) is 6.53. The first-order valence-electron chi connectivity index (χ1n) is 7.44. The number of esters is 1. The molecule has 3 rings (SSSR count). The van der Waals surface area contributed by atoms with Crippen molar-refractivity contribution in [2.45, 2.75) is 13.8 Å². The van der Waals surface area contributed by atoms with Gasteiger partial charge in [-0.15, -0.1) is 0 Å². The lowest BCUT2D eigenvalue weighted by atomic mass is 10.1. The van der Waals surface area contributed by atoms with Crippen molar-refractivity contribution in [2.24, 2.45) is 0 Å². The quantitative estimate of drug-likeness (QED) is 0.692. The number of methoxy groups -OCH3 is 1. The summed E-state index contributed by atoms with van der Waals surface area (Å²) in [5.41, 5.74) is 2.01. The third-order valence-electron chi connectivity index (χ3n) is 3.59. The Morgan fingerprint density at radius 2 is 1.87 bits per heavy atom. The molecule has 1 aromatic heterocycles. The summed E-state index contributed by atoms with van der Waals surface area (Å²) in [4.78, 5) is 12.1. The molecule has 0 N–H and O–H groups in total. The number of fused-ring (bicyclic) bond motifs is 1. The predicted octanol–water partition coefficient (Wildman–Crippen LogP) is 3.52. The molecule has 0 radical (unpaired) electrons. The highest BCUT2D eigenvalue weighted by molar-refractivity contribution is 5.89. The van der Waals surface area contributed by atoms with Crippen LogP contribution in [-0.4, -0.2) is 29.5 Å². The SMILES string of the molecule is CCOC(=O)c1cc(C)nn1-c1ccc2cc(OC)ccc2c1. The Bertz CT molecular complexity index is 868. The molecule has 0 fully saturated rings. The molecule has 0 amide bonds. The van der Waals surface area contributed by atoms with E-state index in [0.717, 1.165) is 27.9 Å². The van der Waals surface area contributed by atoms with Crippen LogP contribution in [0.3, 0.4) is 0 Å². The minimum atomic E-state index is -0.372. The summed E-state index contributed by atoms with van der Waals surface area (Å²) in [5.74, 6) is 0.440. The van der Waals surface area contributed by atoms with Gasteiger partial charge in [0.15, 0.2) is 5.69 Å². The van der Waals surface area contributed by atoms with Gasteiger partial charge in [0.1, 0.15) is 5.75 Å². The Morgan fingerprint density at radius 1 is 1.13 bits per heavy atom. The van der Waals surface area contributed by atoms with E-state index < -0.39 is 0 Å². The molecule has 0 spiro atoms.